The van der Waals surface area contributed by atoms with Crippen LogP contribution in [0.5, 0.6) is 0 Å². The fourth-order valence-electron chi connectivity index (χ4n) is 5.42. The number of anilines is 1. The smallest absolute Gasteiger partial charge is 0.233 e. The van der Waals surface area contributed by atoms with Crippen molar-refractivity contribution in [3.05, 3.63) is 106 Å². The number of para-hydroxylation sites is 3. The van der Waals surface area contributed by atoms with E-state index in [1.807, 2.05) is 105 Å². The van der Waals surface area contributed by atoms with E-state index in [1.165, 1.54) is 25.7 Å². The predicted molar refractivity (Wildman–Crippen MR) is 209 cm³/mol. The van der Waals surface area contributed by atoms with Gasteiger partial charge in [0, 0.05) is 17.9 Å². The molecule has 0 atom stereocenters. The Morgan fingerprint density at radius 2 is 1.11 bits per heavy atom. The van der Waals surface area contributed by atoms with Gasteiger partial charge < -0.3 is 10.6 Å². The molecule has 0 amide bonds. The normalized spacial score (nSPS) is 11.2. The highest BCUT2D eigenvalue weighted by Gasteiger charge is 2.19. The van der Waals surface area contributed by atoms with Gasteiger partial charge in [0.15, 0.2) is 10.4 Å². The topological polar surface area (TPSA) is 69.3 Å². The number of fused-ring (bicyclic) bond motifs is 1. The monoisotopic (exact) mass is 731 g/mol. The Balaban J connectivity index is 0.00000256. The zero-order valence-corrected chi connectivity index (χ0v) is 30.9. The summed E-state index contributed by atoms with van der Waals surface area (Å²) in [4.78, 5) is 12.8. The first-order valence-corrected chi connectivity index (χ1v) is 16.4. The molecule has 3 aromatic carbocycles. The van der Waals surface area contributed by atoms with E-state index in [0.717, 1.165) is 43.1 Å². The van der Waals surface area contributed by atoms with Gasteiger partial charge in [-0.3, -0.25) is 18.7 Å². The summed E-state index contributed by atoms with van der Waals surface area (Å²) in [5.74, 6) is 0.474. The van der Waals surface area contributed by atoms with E-state index >= 15 is 0 Å². The highest BCUT2D eigenvalue weighted by atomic mass is 35.5. The average Bonchev–Trinajstić information content (AvgIpc) is 3.05. The molecular formula is C35H44Cl3N7S2. The molecule has 0 fully saturated rings. The summed E-state index contributed by atoms with van der Waals surface area (Å²) < 4.78 is 6.78. The molecule has 2 heterocycles. The summed E-state index contributed by atoms with van der Waals surface area (Å²) >= 11 is 12.3. The molecule has 0 saturated heterocycles. The van der Waals surface area contributed by atoms with Crippen molar-refractivity contribution >= 4 is 78.5 Å². The maximum absolute atomic E-state index is 7.09. The minimum absolute atomic E-state index is 0. The molecule has 2 N–H and O–H groups in total. The number of hydrogen-bond acceptors (Lipinski definition) is 6. The molecule has 0 aliphatic heterocycles. The Morgan fingerprint density at radius 3 is 1.60 bits per heavy atom. The van der Waals surface area contributed by atoms with Crippen LogP contribution in [0, 0.1) is 9.41 Å². The third-order valence-electron chi connectivity index (χ3n) is 7.72. The second kappa shape index (κ2) is 19.7. The fraction of sp³-hybridized carbons (Fsp3) is 0.314. The van der Waals surface area contributed by atoms with E-state index in [0.29, 0.717) is 38.4 Å². The number of rotatable bonds is 13. The Kier molecular flexibility index (Phi) is 16.8. The van der Waals surface area contributed by atoms with Gasteiger partial charge in [-0.05, 0) is 87.5 Å². The molecule has 0 saturated carbocycles. The lowest BCUT2D eigenvalue weighted by Gasteiger charge is -2.21. The Bertz CT molecular complexity index is 1870. The van der Waals surface area contributed by atoms with Gasteiger partial charge in [-0.1, -0.05) is 93.5 Å². The second-order valence-corrected chi connectivity index (χ2v) is 11.6. The average molecular weight is 733 g/mol. The van der Waals surface area contributed by atoms with Crippen molar-refractivity contribution in [2.45, 2.75) is 46.0 Å². The van der Waals surface area contributed by atoms with E-state index in [4.69, 9.17) is 40.1 Å². The first-order chi connectivity index (χ1) is 21.5. The van der Waals surface area contributed by atoms with Crippen LogP contribution in [-0.4, -0.2) is 49.8 Å². The van der Waals surface area contributed by atoms with Crippen LogP contribution < -0.4 is 11.4 Å². The number of nitrogens with zero attached hydrogens (tertiary/aromatic N) is 6. The Hall–Kier alpha value is -3.05. The van der Waals surface area contributed by atoms with Crippen molar-refractivity contribution in [3.63, 3.8) is 0 Å². The fourth-order valence-corrected chi connectivity index (χ4v) is 6.25. The maximum atomic E-state index is 7.09. The van der Waals surface area contributed by atoms with Crippen LogP contribution in [0.15, 0.2) is 96.0 Å². The van der Waals surface area contributed by atoms with Gasteiger partial charge in [-0.25, -0.2) is 0 Å². The van der Waals surface area contributed by atoms with Gasteiger partial charge in [-0.15, -0.1) is 37.2 Å². The van der Waals surface area contributed by atoms with Crippen LogP contribution in [0.25, 0.3) is 28.1 Å². The first kappa shape index (κ1) is 40.1. The van der Waals surface area contributed by atoms with Gasteiger partial charge in [0.2, 0.25) is 5.62 Å². The van der Waals surface area contributed by atoms with Gasteiger partial charge >= 0.3 is 0 Å². The Labute approximate surface area is 306 Å². The molecule has 0 bridgehead atoms. The van der Waals surface area contributed by atoms with Crippen LogP contribution in [-0.2, 0) is 0 Å². The maximum Gasteiger partial charge on any atom is 0.233 e. The van der Waals surface area contributed by atoms with Crippen molar-refractivity contribution in [1.29, 1.82) is 0 Å². The van der Waals surface area contributed by atoms with Crippen molar-refractivity contribution in [2.75, 3.05) is 31.9 Å². The summed E-state index contributed by atoms with van der Waals surface area (Å²) in [7, 11) is 0. The second-order valence-electron chi connectivity index (χ2n) is 10.9. The lowest BCUT2D eigenvalue weighted by Crippen LogP contribution is -2.30. The molecule has 0 radical (unpaired) electrons. The summed E-state index contributed by atoms with van der Waals surface area (Å²) in [6, 6.07) is 29.9. The first-order valence-electron chi connectivity index (χ1n) is 15.5. The molecular weight excluding hydrogens is 689 g/mol. The summed E-state index contributed by atoms with van der Waals surface area (Å²) in [5.41, 5.74) is 10.8. The number of aromatic nitrogens is 4. The van der Waals surface area contributed by atoms with Gasteiger partial charge in [-0.2, -0.15) is 4.98 Å². The summed E-state index contributed by atoms with van der Waals surface area (Å²) in [6.45, 7) is 8.38. The number of nitrogen functional groups attached to an aromatic ring is 1. The standard InChI is InChI=1S/C35H41N7S2.3ClH/c1-3-5-24-39(25-6-4-2)26-16-23-37-34-38-32-30(31(36)40(34)27-17-10-7-11-18-27)33(43)42(29-21-14-9-15-22-29)35(44)41(32)28-19-12-8-13-20-28;;;/h7-15,17-22H,3-6,16,23-26,36H2,1-2H3;3*1H. The van der Waals surface area contributed by atoms with E-state index in [1.54, 1.807) is 0 Å². The molecule has 0 spiro atoms. The van der Waals surface area contributed by atoms with Crippen LogP contribution >= 0.6 is 61.7 Å². The van der Waals surface area contributed by atoms with Crippen LogP contribution in [0.1, 0.15) is 46.0 Å². The van der Waals surface area contributed by atoms with E-state index < -0.39 is 0 Å². The summed E-state index contributed by atoms with van der Waals surface area (Å²) in [6.07, 6.45) is 5.76. The van der Waals surface area contributed by atoms with E-state index in [9.17, 15) is 0 Å². The zero-order valence-electron chi connectivity index (χ0n) is 26.8. The van der Waals surface area contributed by atoms with Crippen LogP contribution in [0.4, 0.5) is 5.82 Å². The molecule has 2 aromatic heterocycles. The minimum Gasteiger partial charge on any atom is -0.384 e. The van der Waals surface area contributed by atoms with Gasteiger partial charge in [0.1, 0.15) is 10.5 Å². The molecule has 0 aliphatic rings. The Morgan fingerprint density at radius 1 is 0.660 bits per heavy atom. The predicted octanol–water partition coefficient (Wildman–Crippen LogP) is 9.11. The van der Waals surface area contributed by atoms with Crippen LogP contribution in [0.2, 0.25) is 0 Å². The molecule has 5 aromatic rings. The van der Waals surface area contributed by atoms with Crippen molar-refractivity contribution < 1.29 is 0 Å². The van der Waals surface area contributed by atoms with Crippen molar-refractivity contribution in [1.82, 2.24) is 23.6 Å². The van der Waals surface area contributed by atoms with Crippen LogP contribution in [0.3, 0.4) is 0 Å². The lowest BCUT2D eigenvalue weighted by atomic mass is 10.2. The highest BCUT2D eigenvalue weighted by Crippen LogP contribution is 2.27. The van der Waals surface area contributed by atoms with Crippen molar-refractivity contribution in [2.24, 2.45) is 4.99 Å². The number of hydrogen-bond donors (Lipinski definition) is 1. The largest absolute Gasteiger partial charge is 0.384 e. The molecule has 12 heteroatoms. The van der Waals surface area contributed by atoms with Gasteiger partial charge in [0.25, 0.3) is 0 Å². The third kappa shape index (κ3) is 9.31. The molecule has 252 valence electrons. The molecule has 0 aliphatic carbocycles. The van der Waals surface area contributed by atoms with Crippen molar-refractivity contribution in [3.8, 4) is 17.1 Å². The minimum atomic E-state index is 0. The highest BCUT2D eigenvalue weighted by molar-refractivity contribution is 7.72. The lowest BCUT2D eigenvalue weighted by molar-refractivity contribution is 0.263. The summed E-state index contributed by atoms with van der Waals surface area (Å²) in [5, 5.41) is 0.648. The molecule has 47 heavy (non-hydrogen) atoms. The molecule has 7 nitrogen and oxygen atoms in total. The van der Waals surface area contributed by atoms with Gasteiger partial charge in [0.05, 0.1) is 11.1 Å². The number of benzene rings is 3. The third-order valence-corrected chi connectivity index (χ3v) is 8.47. The zero-order chi connectivity index (χ0) is 30.9. The quantitative estimate of drug-likeness (QED) is 0.0967. The molecule has 0 unspecified atom stereocenters. The van der Waals surface area contributed by atoms with E-state index in [-0.39, 0.29) is 37.2 Å². The number of halogens is 3. The van der Waals surface area contributed by atoms with E-state index in [2.05, 4.69) is 18.7 Å². The number of nitrogens with two attached hydrogens (primary N) is 1. The number of unbranched alkanes of at least 4 members (excludes halogenated alkanes) is 2. The SMILES string of the molecule is CCCCN(CCCC)CCCN=c1nc2c(c(N)n1-c1ccccc1)c(=S)n(-c1ccccc1)c(=S)n2-c1ccccc1.Cl.Cl.Cl. The molecule has 5 rings (SSSR count).